The zero-order valence-corrected chi connectivity index (χ0v) is 15.6. The molecular weight excluding hydrogens is 360 g/mol. The molecule has 0 saturated carbocycles. The molecule has 0 bridgehead atoms. The van der Waals surface area contributed by atoms with Gasteiger partial charge in [-0.25, -0.2) is 4.79 Å². The van der Waals surface area contributed by atoms with E-state index in [4.69, 9.17) is 20.8 Å². The van der Waals surface area contributed by atoms with Crippen molar-refractivity contribution in [1.29, 1.82) is 0 Å². The Bertz CT molecular complexity index is 753. The van der Waals surface area contributed by atoms with Gasteiger partial charge < -0.3 is 19.8 Å². The third-order valence-electron chi connectivity index (χ3n) is 3.02. The van der Waals surface area contributed by atoms with Crippen molar-refractivity contribution in [3.63, 3.8) is 0 Å². The lowest BCUT2D eigenvalue weighted by Crippen LogP contribution is -2.35. The number of amides is 2. The number of nitrogens with zero attached hydrogens (tertiary/aromatic N) is 2. The first-order valence-corrected chi connectivity index (χ1v) is 8.42. The van der Waals surface area contributed by atoms with E-state index < -0.39 is 11.7 Å². The summed E-state index contributed by atoms with van der Waals surface area (Å²) in [7, 11) is 0. The first-order chi connectivity index (χ1) is 12.2. The maximum absolute atomic E-state index is 11.8. The number of hydrogen-bond acceptors (Lipinski definition) is 6. The van der Waals surface area contributed by atoms with E-state index in [9.17, 15) is 9.59 Å². The van der Waals surface area contributed by atoms with Crippen LogP contribution < -0.4 is 10.6 Å². The third-order valence-corrected chi connectivity index (χ3v) is 3.27. The molecule has 140 valence electrons. The lowest BCUT2D eigenvalue weighted by molar-refractivity contribution is -0.121. The van der Waals surface area contributed by atoms with Crippen LogP contribution in [0.25, 0.3) is 11.5 Å². The van der Waals surface area contributed by atoms with E-state index in [0.717, 1.165) is 5.56 Å². The van der Waals surface area contributed by atoms with Gasteiger partial charge >= 0.3 is 6.09 Å². The number of carbonyl (C=O) groups is 2. The molecule has 0 unspecified atom stereocenters. The Morgan fingerprint density at radius 1 is 1.15 bits per heavy atom. The number of hydrogen-bond donors (Lipinski definition) is 2. The van der Waals surface area contributed by atoms with Gasteiger partial charge in [-0.05, 0) is 45.0 Å². The van der Waals surface area contributed by atoms with Crippen molar-refractivity contribution >= 4 is 23.6 Å². The van der Waals surface area contributed by atoms with Gasteiger partial charge in [-0.1, -0.05) is 11.6 Å². The standard InChI is InChI=1S/C17H21ClN4O4/c1-17(2,3)26-16(24)19-9-8-13(23)20-10-14-21-22-15(25-14)11-4-6-12(18)7-5-11/h4-7H,8-10H2,1-3H3,(H,19,24)(H,20,23). The number of benzene rings is 1. The Hall–Kier alpha value is -2.61. The van der Waals surface area contributed by atoms with Gasteiger partial charge in [-0.3, -0.25) is 4.79 Å². The van der Waals surface area contributed by atoms with Crippen molar-refractivity contribution in [2.75, 3.05) is 6.54 Å². The second kappa shape index (κ2) is 8.66. The molecule has 1 aromatic heterocycles. The van der Waals surface area contributed by atoms with Crippen molar-refractivity contribution in [3.8, 4) is 11.5 Å². The second-order valence-electron chi connectivity index (χ2n) is 6.46. The second-order valence-corrected chi connectivity index (χ2v) is 6.90. The van der Waals surface area contributed by atoms with E-state index in [0.29, 0.717) is 10.9 Å². The van der Waals surface area contributed by atoms with Gasteiger partial charge in [0.1, 0.15) is 5.60 Å². The number of carbonyl (C=O) groups excluding carboxylic acids is 2. The number of aromatic nitrogens is 2. The van der Waals surface area contributed by atoms with Gasteiger partial charge in [-0.15, -0.1) is 10.2 Å². The summed E-state index contributed by atoms with van der Waals surface area (Å²) in [4.78, 5) is 23.3. The quantitative estimate of drug-likeness (QED) is 0.798. The van der Waals surface area contributed by atoms with Gasteiger partial charge in [0.05, 0.1) is 6.54 Å². The first kappa shape index (κ1) is 19.7. The number of nitrogens with one attached hydrogen (secondary N) is 2. The fourth-order valence-corrected chi connectivity index (χ4v) is 2.02. The lowest BCUT2D eigenvalue weighted by atomic mass is 10.2. The molecule has 1 aromatic carbocycles. The molecule has 1 heterocycles. The number of rotatable bonds is 6. The molecule has 0 fully saturated rings. The van der Waals surface area contributed by atoms with Crippen LogP contribution in [0.5, 0.6) is 0 Å². The van der Waals surface area contributed by atoms with Crippen LogP contribution in [-0.4, -0.2) is 34.3 Å². The predicted molar refractivity (Wildman–Crippen MR) is 95.4 cm³/mol. The predicted octanol–water partition coefficient (Wildman–Crippen LogP) is 2.92. The minimum absolute atomic E-state index is 0.103. The number of alkyl carbamates (subject to hydrolysis) is 1. The Morgan fingerprint density at radius 3 is 2.50 bits per heavy atom. The van der Waals surface area contributed by atoms with Crippen molar-refractivity contribution in [1.82, 2.24) is 20.8 Å². The SMILES string of the molecule is CC(C)(C)OC(=O)NCCC(=O)NCc1nnc(-c2ccc(Cl)cc2)o1. The molecule has 0 saturated heterocycles. The van der Waals surface area contributed by atoms with Crippen LogP contribution in [0, 0.1) is 0 Å². The van der Waals surface area contributed by atoms with Crippen LogP contribution >= 0.6 is 11.6 Å². The average Bonchev–Trinajstić information content (AvgIpc) is 3.01. The van der Waals surface area contributed by atoms with E-state index in [2.05, 4.69) is 20.8 Å². The molecule has 2 amide bonds. The zero-order valence-electron chi connectivity index (χ0n) is 14.8. The topological polar surface area (TPSA) is 106 Å². The molecule has 9 heteroatoms. The van der Waals surface area contributed by atoms with Gasteiger partial charge in [0.25, 0.3) is 0 Å². The Kier molecular flexibility index (Phi) is 6.57. The smallest absolute Gasteiger partial charge is 0.407 e. The molecule has 0 aliphatic rings. The molecule has 0 aliphatic heterocycles. The normalized spacial score (nSPS) is 11.1. The van der Waals surface area contributed by atoms with Gasteiger partial charge in [0, 0.05) is 23.6 Å². The van der Waals surface area contributed by atoms with Crippen LogP contribution in [0.3, 0.4) is 0 Å². The summed E-state index contributed by atoms with van der Waals surface area (Å²) in [6.07, 6.45) is -0.452. The summed E-state index contributed by atoms with van der Waals surface area (Å²) in [5, 5.41) is 13.6. The number of halogens is 1. The van der Waals surface area contributed by atoms with E-state index in [1.165, 1.54) is 0 Å². The monoisotopic (exact) mass is 380 g/mol. The average molecular weight is 381 g/mol. The molecule has 2 N–H and O–H groups in total. The van der Waals surface area contributed by atoms with E-state index in [1.54, 1.807) is 45.0 Å². The van der Waals surface area contributed by atoms with Crippen LogP contribution in [-0.2, 0) is 16.1 Å². The van der Waals surface area contributed by atoms with E-state index in [-0.39, 0.29) is 31.3 Å². The molecule has 8 nitrogen and oxygen atoms in total. The maximum Gasteiger partial charge on any atom is 0.407 e. The Labute approximate surface area is 156 Å². The highest BCUT2D eigenvalue weighted by Crippen LogP contribution is 2.20. The highest BCUT2D eigenvalue weighted by molar-refractivity contribution is 6.30. The van der Waals surface area contributed by atoms with E-state index >= 15 is 0 Å². The summed E-state index contributed by atoms with van der Waals surface area (Å²) in [6, 6.07) is 6.97. The van der Waals surface area contributed by atoms with E-state index in [1.807, 2.05) is 0 Å². The Balaban J connectivity index is 1.73. The van der Waals surface area contributed by atoms with Crippen LogP contribution in [0.1, 0.15) is 33.1 Å². The molecular formula is C17H21ClN4O4. The van der Waals surface area contributed by atoms with Crippen molar-refractivity contribution in [3.05, 3.63) is 35.2 Å². The lowest BCUT2D eigenvalue weighted by Gasteiger charge is -2.19. The van der Waals surface area contributed by atoms with Crippen molar-refractivity contribution in [2.45, 2.75) is 39.3 Å². The molecule has 2 rings (SSSR count). The van der Waals surface area contributed by atoms with Gasteiger partial charge in [0.15, 0.2) is 0 Å². The molecule has 0 radical (unpaired) electrons. The molecule has 2 aromatic rings. The van der Waals surface area contributed by atoms with Crippen molar-refractivity contribution < 1.29 is 18.7 Å². The molecule has 0 spiro atoms. The van der Waals surface area contributed by atoms with Crippen LogP contribution in [0.15, 0.2) is 28.7 Å². The fraction of sp³-hybridized carbons (Fsp3) is 0.412. The highest BCUT2D eigenvalue weighted by Gasteiger charge is 2.16. The zero-order chi connectivity index (χ0) is 19.2. The maximum atomic E-state index is 11.8. The molecule has 0 atom stereocenters. The fourth-order valence-electron chi connectivity index (χ4n) is 1.89. The largest absolute Gasteiger partial charge is 0.444 e. The van der Waals surface area contributed by atoms with Gasteiger partial charge in [0.2, 0.25) is 17.7 Å². The van der Waals surface area contributed by atoms with Gasteiger partial charge in [-0.2, -0.15) is 0 Å². The van der Waals surface area contributed by atoms with Crippen molar-refractivity contribution in [2.24, 2.45) is 0 Å². The summed E-state index contributed by atoms with van der Waals surface area (Å²) in [5.41, 5.74) is 0.160. The minimum atomic E-state index is -0.577. The summed E-state index contributed by atoms with van der Waals surface area (Å²) in [6.45, 7) is 5.57. The Morgan fingerprint density at radius 2 is 1.85 bits per heavy atom. The number of ether oxygens (including phenoxy) is 1. The first-order valence-electron chi connectivity index (χ1n) is 8.05. The third kappa shape index (κ3) is 6.72. The summed E-state index contributed by atoms with van der Waals surface area (Å²) < 4.78 is 10.6. The van der Waals surface area contributed by atoms with Crippen LogP contribution in [0.2, 0.25) is 5.02 Å². The summed E-state index contributed by atoms with van der Waals surface area (Å²) >= 11 is 5.83. The molecule has 26 heavy (non-hydrogen) atoms. The van der Waals surface area contributed by atoms with Crippen LogP contribution in [0.4, 0.5) is 4.79 Å². The highest BCUT2D eigenvalue weighted by atomic mass is 35.5. The minimum Gasteiger partial charge on any atom is -0.444 e. The summed E-state index contributed by atoms with van der Waals surface area (Å²) in [5.74, 6) is 0.369. The molecule has 0 aliphatic carbocycles.